The summed E-state index contributed by atoms with van der Waals surface area (Å²) >= 11 is 0. The summed E-state index contributed by atoms with van der Waals surface area (Å²) in [6.07, 6.45) is 2.99. The highest BCUT2D eigenvalue weighted by Gasteiger charge is 2.23. The van der Waals surface area contributed by atoms with Crippen molar-refractivity contribution in [3.63, 3.8) is 0 Å². The maximum absolute atomic E-state index is 11.4. The minimum Gasteiger partial charge on any atom is -0.485 e. The molecule has 1 N–H and O–H groups in total. The smallest absolute Gasteiger partial charge is 0.339 e. The number of benzene rings is 2. The van der Waals surface area contributed by atoms with E-state index in [4.69, 9.17) is 4.74 Å². The number of rotatable bonds is 3. The van der Waals surface area contributed by atoms with E-state index in [0.29, 0.717) is 5.75 Å². The third kappa shape index (κ3) is 2.77. The van der Waals surface area contributed by atoms with Crippen molar-refractivity contribution in [1.82, 2.24) is 0 Å². The van der Waals surface area contributed by atoms with Gasteiger partial charge in [-0.2, -0.15) is 0 Å². The third-order valence-corrected chi connectivity index (χ3v) is 3.95. The summed E-state index contributed by atoms with van der Waals surface area (Å²) in [5.74, 6) is -0.493. The molecule has 108 valence electrons. The van der Waals surface area contributed by atoms with Crippen LogP contribution in [0.1, 0.15) is 46.0 Å². The first-order chi connectivity index (χ1) is 10.1. The molecule has 0 heterocycles. The standard InChI is InChI=1S/C18H18O3/c1-12-9-10-17(15(11-12)18(19)20)21-16-8-4-6-13-5-2-3-7-14(13)16/h2-3,5,7,9-11,16H,4,6,8H2,1H3,(H,19,20). The molecule has 3 heteroatoms. The Balaban J connectivity index is 1.93. The molecule has 0 spiro atoms. The molecule has 0 radical (unpaired) electrons. The fourth-order valence-electron chi connectivity index (χ4n) is 2.90. The van der Waals surface area contributed by atoms with Gasteiger partial charge in [-0.3, -0.25) is 0 Å². The Morgan fingerprint density at radius 3 is 2.86 bits per heavy atom. The Bertz CT molecular complexity index is 676. The van der Waals surface area contributed by atoms with Crippen LogP contribution in [0, 0.1) is 6.92 Å². The minimum atomic E-state index is -0.946. The van der Waals surface area contributed by atoms with Crippen LogP contribution in [0.3, 0.4) is 0 Å². The van der Waals surface area contributed by atoms with Gasteiger partial charge in [0.1, 0.15) is 17.4 Å². The lowest BCUT2D eigenvalue weighted by atomic mass is 9.89. The van der Waals surface area contributed by atoms with Crippen LogP contribution in [0.25, 0.3) is 0 Å². The zero-order chi connectivity index (χ0) is 14.8. The summed E-state index contributed by atoms with van der Waals surface area (Å²) in [5, 5.41) is 9.33. The zero-order valence-electron chi connectivity index (χ0n) is 12.0. The fraction of sp³-hybridized carbons (Fsp3) is 0.278. The van der Waals surface area contributed by atoms with Crippen molar-refractivity contribution in [3.8, 4) is 5.75 Å². The molecule has 0 aromatic heterocycles. The lowest BCUT2D eigenvalue weighted by Crippen LogP contribution is -2.16. The molecule has 3 nitrogen and oxygen atoms in total. The molecular weight excluding hydrogens is 264 g/mol. The number of aryl methyl sites for hydroxylation is 2. The second-order valence-corrected chi connectivity index (χ2v) is 5.50. The number of fused-ring (bicyclic) bond motifs is 1. The highest BCUT2D eigenvalue weighted by atomic mass is 16.5. The number of carboxylic acid groups (broad SMARTS) is 1. The molecule has 0 fully saturated rings. The molecule has 0 aliphatic heterocycles. The van der Waals surface area contributed by atoms with Gasteiger partial charge in [0.15, 0.2) is 0 Å². The van der Waals surface area contributed by atoms with E-state index in [1.165, 1.54) is 11.1 Å². The topological polar surface area (TPSA) is 46.5 Å². The van der Waals surface area contributed by atoms with Gasteiger partial charge in [0.05, 0.1) is 0 Å². The number of carbonyl (C=O) groups is 1. The molecule has 2 aromatic rings. The van der Waals surface area contributed by atoms with Crippen molar-refractivity contribution in [3.05, 3.63) is 64.7 Å². The van der Waals surface area contributed by atoms with E-state index in [2.05, 4.69) is 12.1 Å². The quantitative estimate of drug-likeness (QED) is 0.920. The molecule has 1 unspecified atom stereocenters. The van der Waals surface area contributed by atoms with Gasteiger partial charge < -0.3 is 9.84 Å². The van der Waals surface area contributed by atoms with Gasteiger partial charge in [-0.25, -0.2) is 4.79 Å². The SMILES string of the molecule is Cc1ccc(OC2CCCc3ccccc32)c(C(=O)O)c1. The Kier molecular flexibility index (Phi) is 3.65. The van der Waals surface area contributed by atoms with Crippen LogP contribution < -0.4 is 4.74 Å². The van der Waals surface area contributed by atoms with Gasteiger partial charge in [-0.1, -0.05) is 35.9 Å². The molecule has 1 aliphatic carbocycles. The van der Waals surface area contributed by atoms with E-state index < -0.39 is 5.97 Å². The number of ether oxygens (including phenoxy) is 1. The van der Waals surface area contributed by atoms with E-state index in [1.54, 1.807) is 12.1 Å². The second kappa shape index (κ2) is 5.60. The van der Waals surface area contributed by atoms with Crippen LogP contribution in [-0.2, 0) is 6.42 Å². The van der Waals surface area contributed by atoms with Crippen molar-refractivity contribution >= 4 is 5.97 Å². The molecule has 0 amide bonds. The van der Waals surface area contributed by atoms with Crippen molar-refractivity contribution in [2.75, 3.05) is 0 Å². The van der Waals surface area contributed by atoms with E-state index in [-0.39, 0.29) is 11.7 Å². The number of hydrogen-bond acceptors (Lipinski definition) is 2. The van der Waals surface area contributed by atoms with Crippen LogP contribution >= 0.6 is 0 Å². The maximum Gasteiger partial charge on any atom is 0.339 e. The Hall–Kier alpha value is -2.29. The van der Waals surface area contributed by atoms with Crippen LogP contribution in [-0.4, -0.2) is 11.1 Å². The van der Waals surface area contributed by atoms with Gasteiger partial charge in [0, 0.05) is 0 Å². The first kappa shape index (κ1) is 13.7. The fourth-order valence-corrected chi connectivity index (χ4v) is 2.90. The van der Waals surface area contributed by atoms with Gasteiger partial charge in [-0.15, -0.1) is 0 Å². The lowest BCUT2D eigenvalue weighted by Gasteiger charge is -2.27. The van der Waals surface area contributed by atoms with E-state index in [1.807, 2.05) is 25.1 Å². The molecule has 2 aromatic carbocycles. The van der Waals surface area contributed by atoms with Gasteiger partial charge in [-0.05, 0) is 49.4 Å². The van der Waals surface area contributed by atoms with Crippen molar-refractivity contribution in [1.29, 1.82) is 0 Å². The second-order valence-electron chi connectivity index (χ2n) is 5.50. The number of carboxylic acids is 1. The molecule has 1 aliphatic rings. The molecule has 3 rings (SSSR count). The van der Waals surface area contributed by atoms with E-state index in [0.717, 1.165) is 24.8 Å². The highest BCUT2D eigenvalue weighted by molar-refractivity contribution is 5.91. The summed E-state index contributed by atoms with van der Waals surface area (Å²) in [7, 11) is 0. The summed E-state index contributed by atoms with van der Waals surface area (Å²) in [4.78, 5) is 11.4. The van der Waals surface area contributed by atoms with Gasteiger partial charge in [0.2, 0.25) is 0 Å². The Morgan fingerprint density at radius 2 is 2.05 bits per heavy atom. The molecule has 0 saturated carbocycles. The zero-order valence-corrected chi connectivity index (χ0v) is 12.0. The monoisotopic (exact) mass is 282 g/mol. The van der Waals surface area contributed by atoms with Gasteiger partial charge in [0.25, 0.3) is 0 Å². The van der Waals surface area contributed by atoms with Crippen molar-refractivity contribution in [2.45, 2.75) is 32.3 Å². The molecule has 1 atom stereocenters. The van der Waals surface area contributed by atoms with Crippen LogP contribution in [0.4, 0.5) is 0 Å². The predicted molar refractivity (Wildman–Crippen MR) is 80.9 cm³/mol. The van der Waals surface area contributed by atoms with Crippen LogP contribution in [0.5, 0.6) is 5.75 Å². The number of hydrogen-bond donors (Lipinski definition) is 1. The average Bonchev–Trinajstić information content (AvgIpc) is 2.49. The van der Waals surface area contributed by atoms with Crippen molar-refractivity contribution in [2.24, 2.45) is 0 Å². The Labute approximate surface area is 124 Å². The lowest BCUT2D eigenvalue weighted by molar-refractivity contribution is 0.0687. The average molecular weight is 282 g/mol. The summed E-state index contributed by atoms with van der Waals surface area (Å²) < 4.78 is 6.05. The largest absolute Gasteiger partial charge is 0.485 e. The predicted octanol–water partition coefficient (Wildman–Crippen LogP) is 4.15. The molecule has 0 saturated heterocycles. The molecular formula is C18H18O3. The van der Waals surface area contributed by atoms with Crippen LogP contribution in [0.15, 0.2) is 42.5 Å². The van der Waals surface area contributed by atoms with Crippen LogP contribution in [0.2, 0.25) is 0 Å². The third-order valence-electron chi connectivity index (χ3n) is 3.95. The summed E-state index contributed by atoms with van der Waals surface area (Å²) in [6, 6.07) is 13.5. The van der Waals surface area contributed by atoms with E-state index in [9.17, 15) is 9.90 Å². The summed E-state index contributed by atoms with van der Waals surface area (Å²) in [6.45, 7) is 1.88. The maximum atomic E-state index is 11.4. The summed E-state index contributed by atoms with van der Waals surface area (Å²) in [5.41, 5.74) is 3.64. The normalized spacial score (nSPS) is 17.1. The van der Waals surface area contributed by atoms with E-state index >= 15 is 0 Å². The first-order valence-electron chi connectivity index (χ1n) is 7.23. The minimum absolute atomic E-state index is 0.0595. The molecule has 21 heavy (non-hydrogen) atoms. The Morgan fingerprint density at radius 1 is 1.24 bits per heavy atom. The van der Waals surface area contributed by atoms with Crippen molar-refractivity contribution < 1.29 is 14.6 Å². The highest BCUT2D eigenvalue weighted by Crippen LogP contribution is 2.34. The van der Waals surface area contributed by atoms with Gasteiger partial charge >= 0.3 is 5.97 Å². The number of aromatic carboxylic acids is 1. The molecule has 0 bridgehead atoms. The first-order valence-corrected chi connectivity index (χ1v) is 7.23.